The Bertz CT molecular complexity index is 2220. The summed E-state index contributed by atoms with van der Waals surface area (Å²) in [6, 6.07) is 36.0. The molecule has 0 aliphatic rings. The molecule has 0 bridgehead atoms. The summed E-state index contributed by atoms with van der Waals surface area (Å²) in [5.41, 5.74) is 7.27. The van der Waals surface area contributed by atoms with Crippen molar-refractivity contribution < 1.29 is 0 Å². The molecule has 0 unspecified atom stereocenters. The van der Waals surface area contributed by atoms with Crippen LogP contribution >= 0.6 is 45.3 Å². The molecule has 0 atom stereocenters. The van der Waals surface area contributed by atoms with Crippen LogP contribution in [0.3, 0.4) is 0 Å². The predicted octanol–water partition coefficient (Wildman–Crippen LogP) is 11.2. The second kappa shape index (κ2) is 11.1. The zero-order valence-electron chi connectivity index (χ0n) is 24.2. The van der Waals surface area contributed by atoms with Crippen molar-refractivity contribution in [1.29, 1.82) is 0 Å². The van der Waals surface area contributed by atoms with Crippen molar-refractivity contribution in [1.82, 2.24) is 19.5 Å². The number of imidazole rings is 1. The lowest BCUT2D eigenvalue weighted by Crippen LogP contribution is -1.96. The lowest BCUT2D eigenvalue weighted by Gasteiger charge is -2.05. The highest BCUT2D eigenvalue weighted by atomic mass is 32.1. The van der Waals surface area contributed by atoms with E-state index in [-0.39, 0.29) is 0 Å². The molecule has 44 heavy (non-hydrogen) atoms. The van der Waals surface area contributed by atoms with Gasteiger partial charge < -0.3 is 4.57 Å². The highest BCUT2D eigenvalue weighted by Crippen LogP contribution is 2.46. The van der Waals surface area contributed by atoms with Gasteiger partial charge in [0.25, 0.3) is 0 Å². The Kier molecular flexibility index (Phi) is 6.87. The first-order valence-electron chi connectivity index (χ1n) is 14.3. The number of benzene rings is 3. The van der Waals surface area contributed by atoms with Crippen LogP contribution in [0.2, 0.25) is 0 Å². The minimum absolute atomic E-state index is 0.883. The van der Waals surface area contributed by atoms with Crippen molar-refractivity contribution in [2.45, 2.75) is 13.8 Å². The molecule has 0 saturated heterocycles. The topological polar surface area (TPSA) is 43.6 Å². The lowest BCUT2D eigenvalue weighted by atomic mass is 10.1. The third kappa shape index (κ3) is 4.75. The Morgan fingerprint density at radius 2 is 0.977 bits per heavy atom. The van der Waals surface area contributed by atoms with E-state index in [2.05, 4.69) is 116 Å². The van der Waals surface area contributed by atoms with E-state index >= 15 is 0 Å². The molecule has 214 valence electrons. The van der Waals surface area contributed by atoms with Crippen molar-refractivity contribution >= 4 is 54.7 Å². The third-order valence-corrected chi connectivity index (χ3v) is 12.0. The average molecular weight is 643 g/mol. The summed E-state index contributed by atoms with van der Waals surface area (Å²) in [6.07, 6.45) is 0. The third-order valence-electron chi connectivity index (χ3n) is 7.66. The van der Waals surface area contributed by atoms with E-state index in [1.165, 1.54) is 19.8 Å². The Labute approximate surface area is 271 Å². The molecule has 4 nitrogen and oxygen atoms in total. The van der Waals surface area contributed by atoms with Gasteiger partial charge >= 0.3 is 0 Å². The zero-order chi connectivity index (χ0) is 29.8. The first-order chi connectivity index (χ1) is 21.5. The first kappa shape index (κ1) is 27.3. The highest BCUT2D eigenvalue weighted by Gasteiger charge is 2.27. The molecule has 8 rings (SSSR count). The Balaban J connectivity index is 1.29. The van der Waals surface area contributed by atoms with Crippen molar-refractivity contribution in [3.63, 3.8) is 0 Å². The molecule has 0 saturated carbocycles. The molecule has 0 amide bonds. The molecule has 3 aromatic carbocycles. The second-order valence-electron chi connectivity index (χ2n) is 10.6. The maximum atomic E-state index is 5.36. The van der Waals surface area contributed by atoms with Gasteiger partial charge in [-0.3, -0.25) is 0 Å². The summed E-state index contributed by atoms with van der Waals surface area (Å²) in [6.45, 7) is 4.30. The number of rotatable bonds is 6. The monoisotopic (exact) mass is 642 g/mol. The summed E-state index contributed by atoms with van der Waals surface area (Å²) >= 11 is 7.07. The van der Waals surface area contributed by atoms with Gasteiger partial charge in [-0.05, 0) is 31.5 Å². The summed E-state index contributed by atoms with van der Waals surface area (Å²) in [4.78, 5) is 20.5. The quantitative estimate of drug-likeness (QED) is 0.181. The SMILES string of the molecule is Cc1sc(-c2ccccc2)nc1-c1nc(-c2cc3sc(-c4ccccc4)cc3s2)n(C)c1-c1nc(-c2ccccc2)sc1C. The van der Waals surface area contributed by atoms with Crippen LogP contribution in [0.25, 0.3) is 74.5 Å². The molecule has 0 spiro atoms. The number of nitrogens with zero attached hydrogens (tertiary/aromatic N) is 4. The Morgan fingerprint density at radius 3 is 1.57 bits per heavy atom. The van der Waals surface area contributed by atoms with Gasteiger partial charge in [0, 0.05) is 42.2 Å². The minimum Gasteiger partial charge on any atom is -0.325 e. The maximum Gasteiger partial charge on any atom is 0.151 e. The first-order valence-corrected chi connectivity index (χ1v) is 17.5. The van der Waals surface area contributed by atoms with Crippen LogP contribution < -0.4 is 0 Å². The molecule has 8 aromatic rings. The van der Waals surface area contributed by atoms with Crippen molar-refractivity contribution in [3.8, 4) is 65.1 Å². The van der Waals surface area contributed by atoms with E-state index in [0.717, 1.165) is 64.4 Å². The fourth-order valence-corrected chi connectivity index (χ4v) is 9.75. The molecular formula is C36H26N4S4. The molecule has 8 heteroatoms. The number of thiazole rings is 2. The summed E-state index contributed by atoms with van der Waals surface area (Å²) in [5.74, 6) is 0.937. The van der Waals surface area contributed by atoms with E-state index in [1.807, 2.05) is 23.5 Å². The van der Waals surface area contributed by atoms with Gasteiger partial charge in [-0.15, -0.1) is 45.3 Å². The predicted molar refractivity (Wildman–Crippen MR) is 190 cm³/mol. The van der Waals surface area contributed by atoms with E-state index in [9.17, 15) is 0 Å². The van der Waals surface area contributed by atoms with E-state index in [1.54, 1.807) is 34.0 Å². The highest BCUT2D eigenvalue weighted by molar-refractivity contribution is 7.31. The van der Waals surface area contributed by atoms with Crippen LogP contribution in [0.5, 0.6) is 0 Å². The maximum absolute atomic E-state index is 5.36. The van der Waals surface area contributed by atoms with Crippen molar-refractivity contribution in [2.24, 2.45) is 7.05 Å². The molecule has 5 aromatic heterocycles. The average Bonchev–Trinajstić information content (AvgIpc) is 3.87. The van der Waals surface area contributed by atoms with Crippen LogP contribution in [0.4, 0.5) is 0 Å². The van der Waals surface area contributed by atoms with Crippen molar-refractivity contribution in [2.75, 3.05) is 0 Å². The van der Waals surface area contributed by atoms with Gasteiger partial charge in [0.15, 0.2) is 5.82 Å². The van der Waals surface area contributed by atoms with Gasteiger partial charge in [0.05, 0.1) is 10.6 Å². The van der Waals surface area contributed by atoms with Crippen LogP contribution in [-0.2, 0) is 7.05 Å². The van der Waals surface area contributed by atoms with Gasteiger partial charge in [0.1, 0.15) is 27.1 Å². The molecule has 0 aliphatic carbocycles. The van der Waals surface area contributed by atoms with Crippen LogP contribution in [0.1, 0.15) is 9.75 Å². The molecule has 5 heterocycles. The Hall–Kier alpha value is -4.21. The molecular weight excluding hydrogens is 617 g/mol. The van der Waals surface area contributed by atoms with Crippen LogP contribution in [-0.4, -0.2) is 19.5 Å². The molecule has 0 aliphatic heterocycles. The van der Waals surface area contributed by atoms with Crippen LogP contribution in [0.15, 0.2) is 103 Å². The molecule has 0 N–H and O–H groups in total. The number of aryl methyl sites for hydroxylation is 2. The summed E-state index contributed by atoms with van der Waals surface area (Å²) in [7, 11) is 2.12. The second-order valence-corrected chi connectivity index (χ2v) is 15.2. The molecule has 0 radical (unpaired) electrons. The Morgan fingerprint density at radius 1 is 0.500 bits per heavy atom. The lowest BCUT2D eigenvalue weighted by molar-refractivity contribution is 0.931. The van der Waals surface area contributed by atoms with E-state index in [4.69, 9.17) is 15.0 Å². The summed E-state index contributed by atoms with van der Waals surface area (Å²) in [5, 5.41) is 2.01. The van der Waals surface area contributed by atoms with Gasteiger partial charge in [-0.2, -0.15) is 0 Å². The van der Waals surface area contributed by atoms with Crippen LogP contribution in [0, 0.1) is 13.8 Å². The fourth-order valence-electron chi connectivity index (χ4n) is 5.49. The van der Waals surface area contributed by atoms with Gasteiger partial charge in [0.2, 0.25) is 0 Å². The number of fused-ring (bicyclic) bond motifs is 1. The normalized spacial score (nSPS) is 11.5. The van der Waals surface area contributed by atoms with Gasteiger partial charge in [-0.1, -0.05) is 91.0 Å². The van der Waals surface area contributed by atoms with Crippen molar-refractivity contribution in [3.05, 3.63) is 113 Å². The number of aromatic nitrogens is 4. The van der Waals surface area contributed by atoms with E-state index in [0.29, 0.717) is 0 Å². The molecule has 0 fully saturated rings. The standard InChI is InChI=1S/C36H26N4S4/c1-21-30(38-35(41-21)24-15-9-5-10-16-24)32-33(31-22(2)42-36(39-31)25-17-11-6-12-18-25)40(3)34(37-32)29-20-28-27(44-29)19-26(43-28)23-13-7-4-8-14-23/h4-20H,1-3H3. The zero-order valence-corrected chi connectivity index (χ0v) is 27.5. The number of hydrogen-bond acceptors (Lipinski definition) is 7. The largest absolute Gasteiger partial charge is 0.325 e. The smallest absolute Gasteiger partial charge is 0.151 e. The minimum atomic E-state index is 0.883. The van der Waals surface area contributed by atoms with E-state index < -0.39 is 0 Å². The van der Waals surface area contributed by atoms with Gasteiger partial charge in [-0.25, -0.2) is 15.0 Å². The number of hydrogen-bond donors (Lipinski definition) is 0. The summed E-state index contributed by atoms with van der Waals surface area (Å²) < 4.78 is 4.78. The number of thiophene rings is 2. The fraction of sp³-hybridized carbons (Fsp3) is 0.0833.